The van der Waals surface area contributed by atoms with Crippen LogP contribution in [0.4, 0.5) is 0 Å². The highest BCUT2D eigenvalue weighted by molar-refractivity contribution is 5.21. The first-order chi connectivity index (χ1) is 19.7. The van der Waals surface area contributed by atoms with Gasteiger partial charge < -0.3 is 24.1 Å². The van der Waals surface area contributed by atoms with Crippen LogP contribution in [0, 0.1) is 0 Å². The number of hydrogen-bond donors (Lipinski definition) is 1. The average molecular weight is 537 g/mol. The molecule has 0 heterocycles. The van der Waals surface area contributed by atoms with Crippen molar-refractivity contribution >= 4 is 0 Å². The van der Waals surface area contributed by atoms with Crippen molar-refractivity contribution in [1.29, 1.82) is 0 Å². The number of aliphatic hydroxyl groups is 1. The summed E-state index contributed by atoms with van der Waals surface area (Å²) in [7, 11) is 0. The molecule has 0 saturated carbocycles. The number of rotatable bonds is 13. The van der Waals surface area contributed by atoms with Gasteiger partial charge >= 0.3 is 0 Å². The lowest BCUT2D eigenvalue weighted by atomic mass is 9.84. The molecule has 0 amide bonds. The van der Waals surface area contributed by atoms with Crippen molar-refractivity contribution in [2.75, 3.05) is 6.61 Å². The second-order valence-electron chi connectivity index (χ2n) is 10.1. The first-order valence-electron chi connectivity index (χ1n) is 13.7. The Hall–Kier alpha value is -3.58. The Kier molecular flexibility index (Phi) is 9.91. The van der Waals surface area contributed by atoms with Crippen LogP contribution in [0.3, 0.4) is 0 Å². The highest BCUT2D eigenvalue weighted by Crippen LogP contribution is 2.32. The minimum absolute atomic E-state index is 0.0501. The summed E-state index contributed by atoms with van der Waals surface area (Å²) in [5.74, 6) is 0. The quantitative estimate of drug-likeness (QED) is 0.204. The molecule has 0 bridgehead atoms. The Balaban J connectivity index is 1.38. The molecule has 5 rings (SSSR count). The van der Waals surface area contributed by atoms with Gasteiger partial charge in [-0.3, -0.25) is 0 Å². The van der Waals surface area contributed by atoms with Gasteiger partial charge in [-0.05, 0) is 28.3 Å². The summed E-state index contributed by atoms with van der Waals surface area (Å²) < 4.78 is 25.4. The topological polar surface area (TPSA) is 57.2 Å². The summed E-state index contributed by atoms with van der Waals surface area (Å²) >= 11 is 0. The molecule has 0 radical (unpaired) electrons. The smallest absolute Gasteiger partial charge is 0.135 e. The lowest BCUT2D eigenvalue weighted by Crippen LogP contribution is -2.59. The minimum Gasteiger partial charge on any atom is -0.381 e. The van der Waals surface area contributed by atoms with E-state index < -0.39 is 23.9 Å². The Morgan fingerprint density at radius 2 is 0.950 bits per heavy atom. The molecular weight excluding hydrogens is 500 g/mol. The van der Waals surface area contributed by atoms with E-state index in [1.165, 1.54) is 0 Å². The van der Waals surface area contributed by atoms with Gasteiger partial charge in [0, 0.05) is 0 Å². The predicted octanol–water partition coefficient (Wildman–Crippen LogP) is 6.26. The highest BCUT2D eigenvalue weighted by Gasteiger charge is 2.48. The van der Waals surface area contributed by atoms with Gasteiger partial charge in [0.2, 0.25) is 0 Å². The van der Waals surface area contributed by atoms with Crippen LogP contribution in [-0.4, -0.2) is 35.6 Å². The molecule has 4 aromatic carbocycles. The molecule has 1 N–H and O–H groups in total. The second kappa shape index (κ2) is 14.2. The molecule has 0 unspecified atom stereocenters. The molecule has 0 spiro atoms. The van der Waals surface area contributed by atoms with E-state index in [1.54, 1.807) is 6.08 Å². The lowest BCUT2D eigenvalue weighted by molar-refractivity contribution is -0.209. The molecule has 1 aliphatic carbocycles. The zero-order chi connectivity index (χ0) is 27.5. The second-order valence-corrected chi connectivity index (χ2v) is 10.1. The summed E-state index contributed by atoms with van der Waals surface area (Å²) in [6.45, 7) is 1.52. The van der Waals surface area contributed by atoms with Crippen molar-refractivity contribution in [3.05, 3.63) is 156 Å². The first-order valence-corrected chi connectivity index (χ1v) is 13.7. The Labute approximate surface area is 236 Å². The van der Waals surface area contributed by atoms with Crippen molar-refractivity contribution in [2.45, 2.75) is 50.3 Å². The van der Waals surface area contributed by atoms with Crippen LogP contribution in [0.15, 0.2) is 133 Å². The maximum absolute atomic E-state index is 12.0. The zero-order valence-corrected chi connectivity index (χ0v) is 22.5. The van der Waals surface area contributed by atoms with E-state index in [0.717, 1.165) is 22.3 Å². The molecule has 1 aliphatic rings. The van der Waals surface area contributed by atoms with Crippen molar-refractivity contribution < 1.29 is 24.1 Å². The molecule has 5 heteroatoms. The van der Waals surface area contributed by atoms with Gasteiger partial charge in [0.25, 0.3) is 0 Å². The fourth-order valence-corrected chi connectivity index (χ4v) is 4.82. The molecule has 5 nitrogen and oxygen atoms in total. The van der Waals surface area contributed by atoms with Crippen molar-refractivity contribution in [1.82, 2.24) is 0 Å². The summed E-state index contributed by atoms with van der Waals surface area (Å²) in [5, 5.41) is 12.0. The van der Waals surface area contributed by atoms with Gasteiger partial charge in [0.15, 0.2) is 0 Å². The van der Waals surface area contributed by atoms with Gasteiger partial charge in [-0.2, -0.15) is 0 Å². The van der Waals surface area contributed by atoms with Gasteiger partial charge in [-0.15, -0.1) is 0 Å². The van der Waals surface area contributed by atoms with E-state index in [1.807, 2.05) is 127 Å². The molecule has 40 heavy (non-hydrogen) atoms. The summed E-state index contributed by atoms with van der Waals surface area (Å²) in [6, 6.07) is 39.9. The predicted molar refractivity (Wildman–Crippen MR) is 155 cm³/mol. The van der Waals surface area contributed by atoms with Crippen LogP contribution in [0.5, 0.6) is 0 Å². The number of benzene rings is 4. The van der Waals surface area contributed by atoms with Crippen molar-refractivity contribution in [3.8, 4) is 0 Å². The minimum atomic E-state index is -1.42. The maximum Gasteiger partial charge on any atom is 0.135 e. The Bertz CT molecular complexity index is 1300. The maximum atomic E-state index is 12.0. The molecule has 206 valence electrons. The van der Waals surface area contributed by atoms with E-state index >= 15 is 0 Å². The molecule has 0 aromatic heterocycles. The molecular formula is C35H36O5. The average Bonchev–Trinajstić information content (AvgIpc) is 3.01. The SMILES string of the molecule is O[C@]1(COCc2ccccc2)C=C[C@H](OCc2ccccc2)[C@@H](OCc2ccccc2)[C@@H]1OCc1ccccc1. The van der Waals surface area contributed by atoms with E-state index in [0.29, 0.717) is 26.4 Å². The van der Waals surface area contributed by atoms with Crippen LogP contribution in [-0.2, 0) is 45.4 Å². The van der Waals surface area contributed by atoms with Crippen molar-refractivity contribution in [3.63, 3.8) is 0 Å². The Morgan fingerprint density at radius 3 is 1.45 bits per heavy atom. The van der Waals surface area contributed by atoms with Crippen LogP contribution < -0.4 is 0 Å². The highest BCUT2D eigenvalue weighted by atomic mass is 16.6. The van der Waals surface area contributed by atoms with Gasteiger partial charge in [0.1, 0.15) is 23.9 Å². The van der Waals surface area contributed by atoms with Gasteiger partial charge in [-0.25, -0.2) is 0 Å². The molecule has 4 aromatic rings. The third kappa shape index (κ3) is 7.75. The van der Waals surface area contributed by atoms with Crippen LogP contribution in [0.2, 0.25) is 0 Å². The number of hydrogen-bond acceptors (Lipinski definition) is 5. The van der Waals surface area contributed by atoms with E-state index in [4.69, 9.17) is 18.9 Å². The van der Waals surface area contributed by atoms with Gasteiger partial charge in [0.05, 0.1) is 33.0 Å². The van der Waals surface area contributed by atoms with E-state index in [9.17, 15) is 5.11 Å². The fourth-order valence-electron chi connectivity index (χ4n) is 4.82. The Morgan fingerprint density at radius 1 is 0.525 bits per heavy atom. The monoisotopic (exact) mass is 536 g/mol. The molecule has 0 aliphatic heterocycles. The third-order valence-corrected chi connectivity index (χ3v) is 6.98. The van der Waals surface area contributed by atoms with Crippen LogP contribution >= 0.6 is 0 Å². The zero-order valence-electron chi connectivity index (χ0n) is 22.5. The van der Waals surface area contributed by atoms with E-state index in [-0.39, 0.29) is 6.61 Å². The number of ether oxygens (including phenoxy) is 4. The molecule has 4 atom stereocenters. The van der Waals surface area contributed by atoms with Crippen LogP contribution in [0.25, 0.3) is 0 Å². The normalized spacial score (nSPS) is 22.3. The summed E-state index contributed by atoms with van der Waals surface area (Å²) in [5.41, 5.74) is 2.72. The summed E-state index contributed by atoms with van der Waals surface area (Å²) in [4.78, 5) is 0. The van der Waals surface area contributed by atoms with E-state index in [2.05, 4.69) is 0 Å². The van der Waals surface area contributed by atoms with Gasteiger partial charge in [-0.1, -0.05) is 127 Å². The molecule has 0 fully saturated rings. The summed E-state index contributed by atoms with van der Waals surface area (Å²) in [6.07, 6.45) is 1.89. The largest absolute Gasteiger partial charge is 0.381 e. The van der Waals surface area contributed by atoms with Crippen molar-refractivity contribution in [2.24, 2.45) is 0 Å². The lowest BCUT2D eigenvalue weighted by Gasteiger charge is -2.43. The molecule has 0 saturated heterocycles. The third-order valence-electron chi connectivity index (χ3n) is 6.98. The van der Waals surface area contributed by atoms with Crippen LogP contribution in [0.1, 0.15) is 22.3 Å². The first kappa shape index (κ1) is 28.0. The fraction of sp³-hybridized carbons (Fsp3) is 0.257. The standard InChI is InChI=1S/C35H36O5/c36-35(27-37-23-28-13-5-1-6-14-28)22-21-32(38-24-29-15-7-2-8-16-29)33(39-25-30-17-9-3-10-18-30)34(35)40-26-31-19-11-4-12-20-31/h1-22,32-34,36H,23-27H2/t32-,33+,34-,35-/m0/s1.